The monoisotopic (exact) mass is 446 g/mol. The highest BCUT2D eigenvalue weighted by Gasteiger charge is 2.22. The fourth-order valence-corrected chi connectivity index (χ4v) is 4.68. The van der Waals surface area contributed by atoms with Crippen LogP contribution in [0.2, 0.25) is 0 Å². The third kappa shape index (κ3) is 6.63. The molecule has 0 fully saturated rings. The molecule has 7 nitrogen and oxygen atoms in total. The van der Waals surface area contributed by atoms with Crippen LogP contribution in [0.3, 0.4) is 0 Å². The third-order valence-electron chi connectivity index (χ3n) is 4.88. The minimum atomic E-state index is -3.60. The predicted molar refractivity (Wildman–Crippen MR) is 119 cm³/mol. The second-order valence-corrected chi connectivity index (χ2v) is 8.95. The largest absolute Gasteiger partial charge is 0.452 e. The van der Waals surface area contributed by atoms with Crippen LogP contribution in [0.25, 0.3) is 0 Å². The lowest BCUT2D eigenvalue weighted by Gasteiger charge is -2.19. The molecule has 0 bridgehead atoms. The fraction of sp³-hybridized carbons (Fsp3) is 0.391. The second kappa shape index (κ2) is 11.6. The van der Waals surface area contributed by atoms with E-state index in [-0.39, 0.29) is 16.5 Å². The highest BCUT2D eigenvalue weighted by atomic mass is 32.2. The van der Waals surface area contributed by atoms with Gasteiger partial charge in [0.2, 0.25) is 10.0 Å². The van der Waals surface area contributed by atoms with Crippen molar-refractivity contribution >= 4 is 21.9 Å². The number of ether oxygens (including phenoxy) is 1. The van der Waals surface area contributed by atoms with Gasteiger partial charge in [-0.25, -0.2) is 13.2 Å². The van der Waals surface area contributed by atoms with Crippen LogP contribution in [-0.4, -0.2) is 44.3 Å². The van der Waals surface area contributed by atoms with E-state index in [9.17, 15) is 18.0 Å². The molecular formula is C23H30N2O5S. The zero-order chi connectivity index (χ0) is 22.9. The van der Waals surface area contributed by atoms with Gasteiger partial charge in [0.05, 0.1) is 16.5 Å². The number of hydrogen-bond donors (Lipinski definition) is 1. The van der Waals surface area contributed by atoms with Gasteiger partial charge in [0.25, 0.3) is 5.91 Å². The molecule has 0 aromatic heterocycles. The van der Waals surface area contributed by atoms with Crippen molar-refractivity contribution in [1.82, 2.24) is 9.62 Å². The van der Waals surface area contributed by atoms with Crippen molar-refractivity contribution in [2.45, 2.75) is 44.6 Å². The summed E-state index contributed by atoms with van der Waals surface area (Å²) in [5.74, 6) is -1.08. The van der Waals surface area contributed by atoms with Gasteiger partial charge >= 0.3 is 5.97 Å². The highest BCUT2D eigenvalue weighted by molar-refractivity contribution is 7.89. The maximum atomic E-state index is 12.5. The van der Waals surface area contributed by atoms with Gasteiger partial charge in [-0.15, -0.1) is 0 Å². The van der Waals surface area contributed by atoms with Crippen molar-refractivity contribution in [2.24, 2.45) is 0 Å². The number of carbonyl (C=O) groups is 2. The van der Waals surface area contributed by atoms with Gasteiger partial charge in [-0.2, -0.15) is 4.31 Å². The standard InChI is InChI=1S/C23H30N2O5S/c1-4-10-21(18-11-8-7-9-12-18)24-22(26)17-30-23(27)19-13-15-20(16-14-19)31(28,29)25(5-2)6-3/h7-9,11-16,21H,4-6,10,17H2,1-3H3,(H,24,26). The zero-order valence-electron chi connectivity index (χ0n) is 18.2. The Morgan fingerprint density at radius 1 is 0.968 bits per heavy atom. The van der Waals surface area contributed by atoms with E-state index in [0.29, 0.717) is 13.1 Å². The second-order valence-electron chi connectivity index (χ2n) is 7.01. The van der Waals surface area contributed by atoms with Gasteiger partial charge in [0.15, 0.2) is 6.61 Å². The number of amides is 1. The van der Waals surface area contributed by atoms with Crippen LogP contribution in [0, 0.1) is 0 Å². The number of nitrogens with one attached hydrogen (secondary N) is 1. The number of sulfonamides is 1. The first-order valence-corrected chi connectivity index (χ1v) is 11.9. The van der Waals surface area contributed by atoms with Crippen LogP contribution in [0.15, 0.2) is 59.5 Å². The maximum absolute atomic E-state index is 12.5. The van der Waals surface area contributed by atoms with Crippen molar-refractivity contribution in [1.29, 1.82) is 0 Å². The Hall–Kier alpha value is -2.71. The third-order valence-corrected chi connectivity index (χ3v) is 6.95. The lowest BCUT2D eigenvalue weighted by Crippen LogP contribution is -2.32. The van der Waals surface area contributed by atoms with E-state index in [2.05, 4.69) is 5.32 Å². The number of benzene rings is 2. The average Bonchev–Trinajstić information content (AvgIpc) is 2.78. The number of carbonyl (C=O) groups excluding carboxylic acids is 2. The van der Waals surface area contributed by atoms with E-state index in [0.717, 1.165) is 18.4 Å². The zero-order valence-corrected chi connectivity index (χ0v) is 19.0. The van der Waals surface area contributed by atoms with Gasteiger partial charge in [-0.05, 0) is 36.2 Å². The molecule has 2 aromatic carbocycles. The molecule has 1 atom stereocenters. The molecule has 0 radical (unpaired) electrons. The first-order chi connectivity index (χ1) is 14.8. The van der Waals surface area contributed by atoms with Crippen molar-refractivity contribution in [3.63, 3.8) is 0 Å². The van der Waals surface area contributed by atoms with E-state index < -0.39 is 28.5 Å². The summed E-state index contributed by atoms with van der Waals surface area (Å²) in [6.45, 7) is 5.87. The molecule has 2 aromatic rings. The molecule has 1 N–H and O–H groups in total. The summed E-state index contributed by atoms with van der Waals surface area (Å²) < 4.78 is 31.5. The molecule has 0 aliphatic rings. The van der Waals surface area contributed by atoms with Crippen LogP contribution in [0.4, 0.5) is 0 Å². The Labute approximate surface area is 184 Å². The van der Waals surface area contributed by atoms with Gasteiger partial charge in [-0.3, -0.25) is 4.79 Å². The molecular weight excluding hydrogens is 416 g/mol. The van der Waals surface area contributed by atoms with Crippen LogP contribution < -0.4 is 5.32 Å². The van der Waals surface area contributed by atoms with Gasteiger partial charge in [-0.1, -0.05) is 57.5 Å². The van der Waals surface area contributed by atoms with Gasteiger partial charge in [0.1, 0.15) is 0 Å². The summed E-state index contributed by atoms with van der Waals surface area (Å²) >= 11 is 0. The van der Waals surface area contributed by atoms with E-state index in [1.807, 2.05) is 37.3 Å². The van der Waals surface area contributed by atoms with Crippen LogP contribution >= 0.6 is 0 Å². The molecule has 1 amide bonds. The number of nitrogens with zero attached hydrogens (tertiary/aromatic N) is 1. The topological polar surface area (TPSA) is 92.8 Å². The molecule has 31 heavy (non-hydrogen) atoms. The summed E-state index contributed by atoms with van der Waals surface area (Å²) in [6, 6.07) is 15.0. The average molecular weight is 447 g/mol. The lowest BCUT2D eigenvalue weighted by atomic mass is 10.0. The highest BCUT2D eigenvalue weighted by Crippen LogP contribution is 2.18. The fourth-order valence-electron chi connectivity index (χ4n) is 3.22. The Morgan fingerprint density at radius 3 is 2.13 bits per heavy atom. The summed E-state index contributed by atoms with van der Waals surface area (Å²) in [6.07, 6.45) is 1.66. The quantitative estimate of drug-likeness (QED) is 0.533. The Kier molecular flexibility index (Phi) is 9.21. The van der Waals surface area contributed by atoms with Gasteiger partial charge < -0.3 is 10.1 Å². The Morgan fingerprint density at radius 2 is 1.58 bits per heavy atom. The molecule has 0 aliphatic carbocycles. The van der Waals surface area contributed by atoms with Crippen molar-refractivity contribution in [3.8, 4) is 0 Å². The Balaban J connectivity index is 1.97. The molecule has 0 aliphatic heterocycles. The van der Waals surface area contributed by atoms with Crippen LogP contribution in [0.5, 0.6) is 0 Å². The minimum Gasteiger partial charge on any atom is -0.452 e. The van der Waals surface area contributed by atoms with Crippen molar-refractivity contribution in [3.05, 3.63) is 65.7 Å². The maximum Gasteiger partial charge on any atom is 0.338 e. The summed E-state index contributed by atoms with van der Waals surface area (Å²) in [5.41, 5.74) is 1.17. The summed E-state index contributed by atoms with van der Waals surface area (Å²) in [4.78, 5) is 24.7. The molecule has 8 heteroatoms. The number of esters is 1. The minimum absolute atomic E-state index is 0.107. The molecule has 1 unspecified atom stereocenters. The number of rotatable bonds is 11. The molecule has 168 valence electrons. The first kappa shape index (κ1) is 24.6. The molecule has 0 saturated heterocycles. The molecule has 0 heterocycles. The van der Waals surface area contributed by atoms with E-state index in [1.54, 1.807) is 13.8 Å². The summed E-state index contributed by atoms with van der Waals surface area (Å²) in [5, 5.41) is 2.89. The molecule has 2 rings (SSSR count). The SMILES string of the molecule is CCCC(NC(=O)COC(=O)c1ccc(S(=O)(=O)N(CC)CC)cc1)c1ccccc1. The first-order valence-electron chi connectivity index (χ1n) is 10.4. The van der Waals surface area contributed by atoms with E-state index >= 15 is 0 Å². The van der Waals surface area contributed by atoms with Crippen molar-refractivity contribution < 1.29 is 22.7 Å². The summed E-state index contributed by atoms with van der Waals surface area (Å²) in [7, 11) is -3.60. The smallest absolute Gasteiger partial charge is 0.338 e. The Bertz CT molecular complexity index is 955. The molecule has 0 spiro atoms. The normalized spacial score (nSPS) is 12.4. The van der Waals surface area contributed by atoms with Crippen LogP contribution in [0.1, 0.15) is 55.6 Å². The van der Waals surface area contributed by atoms with E-state index in [1.165, 1.54) is 28.6 Å². The molecule has 0 saturated carbocycles. The van der Waals surface area contributed by atoms with E-state index in [4.69, 9.17) is 4.74 Å². The van der Waals surface area contributed by atoms with Crippen molar-refractivity contribution in [2.75, 3.05) is 19.7 Å². The van der Waals surface area contributed by atoms with Crippen LogP contribution in [-0.2, 0) is 19.6 Å². The number of hydrogen-bond acceptors (Lipinski definition) is 5. The predicted octanol–water partition coefficient (Wildman–Crippen LogP) is 3.53. The van der Waals surface area contributed by atoms with Gasteiger partial charge in [0, 0.05) is 13.1 Å². The lowest BCUT2D eigenvalue weighted by molar-refractivity contribution is -0.125.